The minimum absolute atomic E-state index is 0.218. The molecule has 0 atom stereocenters. The average molecular weight is 239 g/mol. The largest absolute Gasteiger partial charge is 0.384 e. The zero-order chi connectivity index (χ0) is 13.1. The lowest BCUT2D eigenvalue weighted by molar-refractivity contribution is 0.0226. The van der Waals surface area contributed by atoms with Crippen molar-refractivity contribution in [1.29, 1.82) is 0 Å². The summed E-state index contributed by atoms with van der Waals surface area (Å²) in [4.78, 5) is 4.55. The number of methoxy groups -OCH3 is 1. The molecule has 1 rings (SSSR count). The zero-order valence-corrected chi connectivity index (χ0v) is 11.7. The second-order valence-corrected chi connectivity index (χ2v) is 5.14. The van der Waals surface area contributed by atoms with Crippen molar-refractivity contribution in [3.8, 4) is 0 Å². The van der Waals surface area contributed by atoms with Crippen LogP contribution in [0.4, 0.5) is 5.82 Å². The van der Waals surface area contributed by atoms with Crippen LogP contribution in [0.25, 0.3) is 0 Å². The number of nitrogens with two attached hydrogens (primary N) is 1. The summed E-state index contributed by atoms with van der Waals surface area (Å²) in [5.41, 5.74) is 6.88. The van der Waals surface area contributed by atoms with Gasteiger partial charge in [-0.05, 0) is 27.2 Å². The first kappa shape index (κ1) is 14.0. The molecule has 0 fully saturated rings. The van der Waals surface area contributed by atoms with Gasteiger partial charge in [-0.2, -0.15) is 0 Å². The molecule has 2 N–H and O–H groups in total. The maximum absolute atomic E-state index is 6.15. The second-order valence-electron chi connectivity index (χ2n) is 5.14. The number of nitrogens with zero attached hydrogens (tertiary/aromatic N) is 2. The Bertz CT molecular complexity index is 369. The van der Waals surface area contributed by atoms with Crippen LogP contribution in [0.2, 0.25) is 0 Å². The Morgan fingerprint density at radius 3 is 2.59 bits per heavy atom. The van der Waals surface area contributed by atoms with Gasteiger partial charge in [0.2, 0.25) is 0 Å². The normalized spacial score (nSPS) is 12.1. The first-order valence-corrected chi connectivity index (χ1v) is 6.28. The van der Waals surface area contributed by atoms with E-state index in [1.807, 2.05) is 20.8 Å². The van der Waals surface area contributed by atoms with Crippen LogP contribution >= 0.6 is 0 Å². The van der Waals surface area contributed by atoms with Crippen LogP contribution < -0.4 is 5.73 Å². The number of anilines is 1. The Morgan fingerprint density at radius 2 is 2.06 bits per heavy atom. The Labute approximate surface area is 104 Å². The van der Waals surface area contributed by atoms with Gasteiger partial charge in [-0.25, -0.2) is 4.98 Å². The third-order valence-corrected chi connectivity index (χ3v) is 3.15. The van der Waals surface area contributed by atoms with E-state index >= 15 is 0 Å². The molecule has 0 radical (unpaired) electrons. The lowest BCUT2D eigenvalue weighted by Gasteiger charge is -2.21. The van der Waals surface area contributed by atoms with Crippen LogP contribution in [0.5, 0.6) is 0 Å². The highest BCUT2D eigenvalue weighted by molar-refractivity contribution is 5.39. The van der Waals surface area contributed by atoms with E-state index in [9.17, 15) is 0 Å². The SMILES string of the molecule is CCCCn1c(C)nc(CC(C)(C)OC)c1N. The molecule has 1 aromatic rings. The molecule has 1 heterocycles. The molecule has 17 heavy (non-hydrogen) atoms. The van der Waals surface area contributed by atoms with Gasteiger partial charge in [0.05, 0.1) is 11.3 Å². The van der Waals surface area contributed by atoms with E-state index in [1.165, 1.54) is 0 Å². The van der Waals surface area contributed by atoms with Gasteiger partial charge in [0.15, 0.2) is 0 Å². The second kappa shape index (κ2) is 5.54. The number of hydrogen-bond acceptors (Lipinski definition) is 3. The summed E-state index contributed by atoms with van der Waals surface area (Å²) in [5.74, 6) is 1.79. The Hall–Kier alpha value is -1.03. The fourth-order valence-corrected chi connectivity index (χ4v) is 1.85. The van der Waals surface area contributed by atoms with Gasteiger partial charge in [-0.15, -0.1) is 0 Å². The summed E-state index contributed by atoms with van der Waals surface area (Å²) in [5, 5.41) is 0. The lowest BCUT2D eigenvalue weighted by Crippen LogP contribution is -2.26. The first-order chi connectivity index (χ1) is 7.91. The minimum atomic E-state index is -0.218. The van der Waals surface area contributed by atoms with Crippen LogP contribution in [0, 0.1) is 6.92 Å². The molecule has 0 bridgehead atoms. The summed E-state index contributed by atoms with van der Waals surface area (Å²) in [6, 6.07) is 0. The highest BCUT2D eigenvalue weighted by Crippen LogP contribution is 2.22. The maximum atomic E-state index is 6.15. The third kappa shape index (κ3) is 3.46. The molecule has 0 spiro atoms. The van der Waals surface area contributed by atoms with Crippen molar-refractivity contribution in [1.82, 2.24) is 9.55 Å². The number of nitrogen functional groups attached to an aromatic ring is 1. The standard InChI is InChI=1S/C13H25N3O/c1-6-7-8-16-10(2)15-11(12(16)14)9-13(3,4)17-5/h6-9,14H2,1-5H3. The molecule has 0 aliphatic carbocycles. The van der Waals surface area contributed by atoms with E-state index < -0.39 is 0 Å². The van der Waals surface area contributed by atoms with Crippen LogP contribution in [-0.2, 0) is 17.7 Å². The number of unbranched alkanes of at least 4 members (excludes halogenated alkanes) is 1. The summed E-state index contributed by atoms with van der Waals surface area (Å²) < 4.78 is 7.52. The van der Waals surface area contributed by atoms with Crippen LogP contribution in [-0.4, -0.2) is 22.3 Å². The molecule has 0 aliphatic heterocycles. The Balaban J connectivity index is 2.88. The van der Waals surface area contributed by atoms with Gasteiger partial charge < -0.3 is 15.0 Å². The van der Waals surface area contributed by atoms with E-state index in [0.29, 0.717) is 0 Å². The molecule has 4 heteroatoms. The van der Waals surface area contributed by atoms with E-state index in [0.717, 1.165) is 43.1 Å². The van der Waals surface area contributed by atoms with Crippen LogP contribution in [0.1, 0.15) is 45.1 Å². The van der Waals surface area contributed by atoms with E-state index in [-0.39, 0.29) is 5.60 Å². The fraction of sp³-hybridized carbons (Fsp3) is 0.769. The highest BCUT2D eigenvalue weighted by Gasteiger charge is 2.22. The molecule has 0 saturated carbocycles. The quantitative estimate of drug-likeness (QED) is 0.830. The molecule has 0 amide bonds. The van der Waals surface area contributed by atoms with Crippen molar-refractivity contribution in [2.75, 3.05) is 12.8 Å². The summed E-state index contributed by atoms with van der Waals surface area (Å²) in [7, 11) is 1.72. The molecule has 0 aliphatic rings. The van der Waals surface area contributed by atoms with Crippen molar-refractivity contribution in [3.63, 3.8) is 0 Å². The number of hydrogen-bond donors (Lipinski definition) is 1. The topological polar surface area (TPSA) is 53.1 Å². The van der Waals surface area contributed by atoms with Crippen molar-refractivity contribution < 1.29 is 4.74 Å². The molecular weight excluding hydrogens is 214 g/mol. The number of imidazole rings is 1. The van der Waals surface area contributed by atoms with Crippen LogP contribution in [0.3, 0.4) is 0 Å². The predicted molar refractivity (Wildman–Crippen MR) is 71.1 cm³/mol. The lowest BCUT2D eigenvalue weighted by atomic mass is 10.0. The molecule has 4 nitrogen and oxygen atoms in total. The maximum Gasteiger partial charge on any atom is 0.126 e. The van der Waals surface area contributed by atoms with Crippen molar-refractivity contribution in [3.05, 3.63) is 11.5 Å². The zero-order valence-electron chi connectivity index (χ0n) is 11.7. The number of aryl methyl sites for hydroxylation is 1. The summed E-state index contributed by atoms with van der Waals surface area (Å²) >= 11 is 0. The van der Waals surface area contributed by atoms with Gasteiger partial charge >= 0.3 is 0 Å². The Kier molecular flexibility index (Phi) is 4.57. The van der Waals surface area contributed by atoms with Crippen LogP contribution in [0.15, 0.2) is 0 Å². The van der Waals surface area contributed by atoms with Crippen molar-refractivity contribution in [2.45, 2.75) is 59.1 Å². The predicted octanol–water partition coefficient (Wildman–Crippen LogP) is 2.54. The summed E-state index contributed by atoms with van der Waals surface area (Å²) in [6.45, 7) is 9.24. The molecular formula is C13H25N3O. The molecule has 1 aromatic heterocycles. The minimum Gasteiger partial charge on any atom is -0.384 e. The van der Waals surface area contributed by atoms with E-state index in [1.54, 1.807) is 7.11 Å². The number of aromatic nitrogens is 2. The smallest absolute Gasteiger partial charge is 0.126 e. The number of rotatable bonds is 6. The van der Waals surface area contributed by atoms with Crippen molar-refractivity contribution in [2.24, 2.45) is 0 Å². The highest BCUT2D eigenvalue weighted by atomic mass is 16.5. The monoisotopic (exact) mass is 239 g/mol. The van der Waals surface area contributed by atoms with Gasteiger partial charge in [0.25, 0.3) is 0 Å². The fourth-order valence-electron chi connectivity index (χ4n) is 1.85. The van der Waals surface area contributed by atoms with E-state index in [2.05, 4.69) is 16.5 Å². The average Bonchev–Trinajstić information content (AvgIpc) is 2.52. The van der Waals surface area contributed by atoms with Gasteiger partial charge in [-0.1, -0.05) is 13.3 Å². The third-order valence-electron chi connectivity index (χ3n) is 3.15. The molecule has 0 saturated heterocycles. The summed E-state index contributed by atoms with van der Waals surface area (Å²) in [6.07, 6.45) is 3.04. The number of ether oxygens (including phenoxy) is 1. The Morgan fingerprint density at radius 1 is 1.41 bits per heavy atom. The molecule has 98 valence electrons. The molecule has 0 aromatic carbocycles. The van der Waals surface area contributed by atoms with Gasteiger partial charge in [0.1, 0.15) is 11.6 Å². The van der Waals surface area contributed by atoms with Crippen molar-refractivity contribution >= 4 is 5.82 Å². The molecule has 0 unspecified atom stereocenters. The van der Waals surface area contributed by atoms with E-state index in [4.69, 9.17) is 10.5 Å². The van der Waals surface area contributed by atoms with Gasteiger partial charge in [0, 0.05) is 20.1 Å². The van der Waals surface area contributed by atoms with Gasteiger partial charge in [-0.3, -0.25) is 0 Å². The first-order valence-electron chi connectivity index (χ1n) is 6.28.